The molecule has 0 saturated heterocycles. The van der Waals surface area contributed by atoms with Crippen molar-refractivity contribution in [1.82, 2.24) is 4.98 Å². The molecular weight excluding hydrogens is 328 g/mol. The molecule has 0 radical (unpaired) electrons. The highest BCUT2D eigenvalue weighted by molar-refractivity contribution is 6.17. The second-order valence-electron chi connectivity index (χ2n) is 6.54. The molecule has 0 fully saturated rings. The summed E-state index contributed by atoms with van der Waals surface area (Å²) in [5, 5.41) is 1.15. The van der Waals surface area contributed by atoms with Gasteiger partial charge in [0.25, 0.3) is 5.56 Å². The van der Waals surface area contributed by atoms with Gasteiger partial charge in [0, 0.05) is 17.1 Å². The minimum Gasteiger partial charge on any atom is -0.492 e. The van der Waals surface area contributed by atoms with Crippen LogP contribution in [0.3, 0.4) is 0 Å². The number of benzene rings is 2. The quantitative estimate of drug-likeness (QED) is 0.710. The van der Waals surface area contributed by atoms with E-state index in [1.165, 1.54) is 0 Å². The van der Waals surface area contributed by atoms with E-state index in [2.05, 4.69) is 4.98 Å². The number of fused-ring (bicyclic) bond motifs is 2. The Balaban J connectivity index is 1.85. The van der Waals surface area contributed by atoms with Crippen molar-refractivity contribution in [1.29, 1.82) is 0 Å². The highest BCUT2D eigenvalue weighted by Gasteiger charge is 2.26. The zero-order valence-corrected chi connectivity index (χ0v) is 14.3. The number of rotatable bonds is 4. The normalized spacial score (nSPS) is 16.1. The van der Waals surface area contributed by atoms with Crippen LogP contribution in [0.1, 0.15) is 40.2 Å². The number of carbonyl (C=O) groups excluding carboxylic acids is 1. The minimum atomic E-state index is -0.202. The van der Waals surface area contributed by atoms with Gasteiger partial charge in [-0.05, 0) is 54.5 Å². The van der Waals surface area contributed by atoms with E-state index in [-0.39, 0.29) is 11.3 Å². The lowest BCUT2D eigenvalue weighted by atomic mass is 9.87. The molecule has 0 saturated carbocycles. The standard InChI is InChI=1S/C21H20N2O3/c22-10-7-13-9-12-26-20-14(13)3-1-6-18(20)19(24)16-4-2-5-17-15(16)8-11-23-21(17)25/h1-6,8,11,13H,7,9-10,12,22H2,(H,23,25). The van der Waals surface area contributed by atoms with Gasteiger partial charge < -0.3 is 15.5 Å². The maximum absolute atomic E-state index is 13.3. The Bertz CT molecular complexity index is 1040. The fourth-order valence-corrected chi connectivity index (χ4v) is 3.74. The van der Waals surface area contributed by atoms with Crippen LogP contribution < -0.4 is 16.0 Å². The first-order chi connectivity index (χ1) is 12.7. The number of hydrogen-bond donors (Lipinski definition) is 2. The molecule has 1 aliphatic rings. The van der Waals surface area contributed by atoms with Gasteiger partial charge in [-0.1, -0.05) is 24.3 Å². The molecule has 5 nitrogen and oxygen atoms in total. The molecule has 1 unspecified atom stereocenters. The average Bonchev–Trinajstić information content (AvgIpc) is 2.67. The zero-order chi connectivity index (χ0) is 18.1. The van der Waals surface area contributed by atoms with Crippen molar-refractivity contribution in [2.75, 3.05) is 13.2 Å². The number of nitrogens with one attached hydrogen (secondary N) is 1. The molecule has 3 N–H and O–H groups in total. The van der Waals surface area contributed by atoms with Crippen molar-refractivity contribution in [2.45, 2.75) is 18.8 Å². The zero-order valence-electron chi connectivity index (χ0n) is 14.3. The van der Waals surface area contributed by atoms with Gasteiger partial charge in [0.15, 0.2) is 5.78 Å². The number of hydrogen-bond acceptors (Lipinski definition) is 4. The van der Waals surface area contributed by atoms with Crippen molar-refractivity contribution in [3.63, 3.8) is 0 Å². The molecule has 4 rings (SSSR count). The number of aromatic amines is 1. The van der Waals surface area contributed by atoms with Gasteiger partial charge in [-0.3, -0.25) is 9.59 Å². The summed E-state index contributed by atoms with van der Waals surface area (Å²) in [6.07, 6.45) is 3.35. The molecule has 26 heavy (non-hydrogen) atoms. The van der Waals surface area contributed by atoms with Crippen molar-refractivity contribution < 1.29 is 9.53 Å². The Morgan fingerprint density at radius 2 is 1.92 bits per heavy atom. The van der Waals surface area contributed by atoms with Gasteiger partial charge in [-0.25, -0.2) is 0 Å². The van der Waals surface area contributed by atoms with Crippen molar-refractivity contribution in [3.05, 3.63) is 75.7 Å². The third kappa shape index (κ3) is 2.70. The number of aromatic nitrogens is 1. The van der Waals surface area contributed by atoms with Crippen molar-refractivity contribution in [3.8, 4) is 5.75 Å². The van der Waals surface area contributed by atoms with E-state index in [1.807, 2.05) is 12.1 Å². The van der Waals surface area contributed by atoms with E-state index in [1.54, 1.807) is 36.5 Å². The summed E-state index contributed by atoms with van der Waals surface area (Å²) in [7, 11) is 0. The summed E-state index contributed by atoms with van der Waals surface area (Å²) in [6.45, 7) is 1.19. The van der Waals surface area contributed by atoms with Gasteiger partial charge in [0.2, 0.25) is 0 Å². The maximum Gasteiger partial charge on any atom is 0.255 e. The van der Waals surface area contributed by atoms with E-state index in [4.69, 9.17) is 10.5 Å². The number of nitrogens with two attached hydrogens (primary N) is 1. The molecule has 5 heteroatoms. The smallest absolute Gasteiger partial charge is 0.255 e. The summed E-state index contributed by atoms with van der Waals surface area (Å²) >= 11 is 0. The first-order valence-corrected chi connectivity index (χ1v) is 8.81. The van der Waals surface area contributed by atoms with Gasteiger partial charge >= 0.3 is 0 Å². The summed E-state index contributed by atoms with van der Waals surface area (Å²) in [6, 6.07) is 12.7. The first kappa shape index (κ1) is 16.5. The molecule has 0 spiro atoms. The molecule has 3 aromatic rings. The van der Waals surface area contributed by atoms with E-state index in [0.717, 1.165) is 18.4 Å². The number of para-hydroxylation sites is 1. The van der Waals surface area contributed by atoms with Crippen molar-refractivity contribution >= 4 is 16.6 Å². The van der Waals surface area contributed by atoms with E-state index < -0.39 is 0 Å². The molecular formula is C21H20N2O3. The highest BCUT2D eigenvalue weighted by atomic mass is 16.5. The Kier molecular flexibility index (Phi) is 4.31. The Morgan fingerprint density at radius 1 is 1.12 bits per heavy atom. The third-order valence-electron chi connectivity index (χ3n) is 5.02. The van der Waals surface area contributed by atoms with Gasteiger partial charge in [-0.15, -0.1) is 0 Å². The van der Waals surface area contributed by atoms with Crippen LogP contribution in [-0.4, -0.2) is 23.9 Å². The number of ketones is 1. The SMILES string of the molecule is NCCC1CCOc2c(C(=O)c3cccc4c(=O)[nH]ccc34)cccc21. The van der Waals surface area contributed by atoms with Gasteiger partial charge in [-0.2, -0.15) is 0 Å². The fourth-order valence-electron chi connectivity index (χ4n) is 3.74. The van der Waals surface area contributed by atoms with Crippen LogP contribution in [0.25, 0.3) is 10.8 Å². The molecule has 2 aromatic carbocycles. The van der Waals surface area contributed by atoms with E-state index in [0.29, 0.717) is 46.7 Å². The predicted octanol–water partition coefficient (Wildman–Crippen LogP) is 2.97. The second-order valence-corrected chi connectivity index (χ2v) is 6.54. The summed E-state index contributed by atoms with van der Waals surface area (Å²) in [5.74, 6) is 0.836. The van der Waals surface area contributed by atoms with Gasteiger partial charge in [0.1, 0.15) is 5.75 Å². The van der Waals surface area contributed by atoms with Crippen LogP contribution in [0.2, 0.25) is 0 Å². The lowest BCUT2D eigenvalue weighted by molar-refractivity contribution is 0.103. The van der Waals surface area contributed by atoms with Crippen LogP contribution in [0, 0.1) is 0 Å². The third-order valence-corrected chi connectivity index (χ3v) is 5.02. The van der Waals surface area contributed by atoms with E-state index >= 15 is 0 Å². The number of carbonyl (C=O) groups is 1. The molecule has 1 atom stereocenters. The van der Waals surface area contributed by atoms with E-state index in [9.17, 15) is 9.59 Å². The van der Waals surface area contributed by atoms with Crippen LogP contribution in [0.5, 0.6) is 5.75 Å². The minimum absolute atomic E-state index is 0.133. The number of H-pyrrole nitrogens is 1. The molecule has 132 valence electrons. The number of ether oxygens (including phenoxy) is 1. The molecule has 0 bridgehead atoms. The summed E-state index contributed by atoms with van der Waals surface area (Å²) in [5.41, 5.74) is 7.63. The summed E-state index contributed by atoms with van der Waals surface area (Å²) in [4.78, 5) is 28.0. The predicted molar refractivity (Wildman–Crippen MR) is 101 cm³/mol. The second kappa shape index (κ2) is 6.77. The maximum atomic E-state index is 13.3. The number of pyridine rings is 1. The van der Waals surface area contributed by atoms with Crippen LogP contribution in [0.15, 0.2) is 53.5 Å². The van der Waals surface area contributed by atoms with Crippen LogP contribution in [-0.2, 0) is 0 Å². The fraction of sp³-hybridized carbons (Fsp3) is 0.238. The van der Waals surface area contributed by atoms with Crippen molar-refractivity contribution in [2.24, 2.45) is 5.73 Å². The highest BCUT2D eigenvalue weighted by Crippen LogP contribution is 2.39. The molecule has 2 heterocycles. The topological polar surface area (TPSA) is 85.2 Å². The Labute approximate surface area is 150 Å². The first-order valence-electron chi connectivity index (χ1n) is 8.81. The molecule has 1 aliphatic heterocycles. The average molecular weight is 348 g/mol. The summed E-state index contributed by atoms with van der Waals surface area (Å²) < 4.78 is 5.88. The monoisotopic (exact) mass is 348 g/mol. The largest absolute Gasteiger partial charge is 0.492 e. The lowest BCUT2D eigenvalue weighted by Gasteiger charge is -2.27. The van der Waals surface area contributed by atoms with Crippen LogP contribution >= 0.6 is 0 Å². The molecule has 0 aliphatic carbocycles. The Morgan fingerprint density at radius 3 is 2.77 bits per heavy atom. The molecule has 0 amide bonds. The van der Waals surface area contributed by atoms with Gasteiger partial charge in [0.05, 0.1) is 12.2 Å². The molecule has 1 aromatic heterocycles. The Hall–Kier alpha value is -2.92. The van der Waals surface area contributed by atoms with Crippen LogP contribution in [0.4, 0.5) is 0 Å². The lowest BCUT2D eigenvalue weighted by Crippen LogP contribution is -2.19.